The van der Waals surface area contributed by atoms with Crippen LogP contribution in [0, 0.1) is 0 Å². The van der Waals surface area contributed by atoms with Crippen LogP contribution in [0.5, 0.6) is 0 Å². The molecule has 0 unspecified atom stereocenters. The first kappa shape index (κ1) is 9.50. The first-order valence-electron chi connectivity index (χ1n) is 3.61. The third kappa shape index (κ3) is 1.61. The van der Waals surface area contributed by atoms with Gasteiger partial charge in [-0.05, 0) is 13.8 Å². The Morgan fingerprint density at radius 2 is 2.08 bits per heavy atom. The number of carboxylic acid groups (broad SMARTS) is 1. The van der Waals surface area contributed by atoms with Gasteiger partial charge in [-0.25, -0.2) is 9.69 Å². The highest BCUT2D eigenvalue weighted by Crippen LogP contribution is 2.22. The van der Waals surface area contributed by atoms with E-state index in [1.54, 1.807) is 0 Å². The zero-order chi connectivity index (χ0) is 10.2. The Morgan fingerprint density at radius 3 is 2.38 bits per heavy atom. The van der Waals surface area contributed by atoms with Gasteiger partial charge in [0.05, 0.1) is 0 Å². The van der Waals surface area contributed by atoms with Crippen LogP contribution in [-0.4, -0.2) is 40.1 Å². The summed E-state index contributed by atoms with van der Waals surface area (Å²) in [5.41, 5.74) is -1.24. The van der Waals surface area contributed by atoms with Gasteiger partial charge in [-0.15, -0.1) is 0 Å². The molecule has 0 radical (unpaired) electrons. The van der Waals surface area contributed by atoms with Crippen molar-refractivity contribution in [1.29, 1.82) is 0 Å². The molecule has 0 aromatic rings. The van der Waals surface area contributed by atoms with Crippen molar-refractivity contribution < 1.29 is 24.2 Å². The Balaban J connectivity index is 2.83. The van der Waals surface area contributed by atoms with Gasteiger partial charge in [-0.3, -0.25) is 9.59 Å². The van der Waals surface area contributed by atoms with Crippen LogP contribution in [0.1, 0.15) is 13.8 Å². The second-order valence-electron chi connectivity index (χ2n) is 3.16. The third-order valence-electron chi connectivity index (χ3n) is 1.62. The lowest BCUT2D eigenvalue weighted by molar-refractivity contribution is -0.143. The molecule has 0 bridgehead atoms. The predicted molar refractivity (Wildman–Crippen MR) is 39.9 cm³/mol. The summed E-state index contributed by atoms with van der Waals surface area (Å²) >= 11 is 0. The lowest BCUT2D eigenvalue weighted by Crippen LogP contribution is -2.39. The van der Waals surface area contributed by atoms with Gasteiger partial charge in [-0.1, -0.05) is 0 Å². The molecule has 1 N–H and O–H groups in total. The molecule has 2 amide bonds. The molecule has 1 fully saturated rings. The van der Waals surface area contributed by atoms with Crippen LogP contribution in [0.25, 0.3) is 0 Å². The number of imide groups is 1. The van der Waals surface area contributed by atoms with Crippen LogP contribution in [0.15, 0.2) is 0 Å². The maximum absolute atomic E-state index is 11.3. The fourth-order valence-electron chi connectivity index (χ4n) is 0.997. The number of carbonyl (C=O) groups is 3. The van der Waals surface area contributed by atoms with E-state index in [2.05, 4.69) is 4.74 Å². The summed E-state index contributed by atoms with van der Waals surface area (Å²) in [6, 6.07) is 0. The number of cyclic esters (lactones) is 1. The minimum Gasteiger partial charge on any atom is -0.480 e. The first-order valence-corrected chi connectivity index (χ1v) is 3.61. The lowest BCUT2D eigenvalue weighted by Gasteiger charge is -2.11. The summed E-state index contributed by atoms with van der Waals surface area (Å²) in [4.78, 5) is 33.1. The summed E-state index contributed by atoms with van der Waals surface area (Å²) in [5, 5.41) is 8.38. The minimum atomic E-state index is -1.25. The van der Waals surface area contributed by atoms with Crippen molar-refractivity contribution in [3.63, 3.8) is 0 Å². The fraction of sp³-hybridized carbons (Fsp3) is 0.571. The molecule has 13 heavy (non-hydrogen) atoms. The van der Waals surface area contributed by atoms with E-state index < -0.39 is 30.1 Å². The first-order chi connectivity index (χ1) is 5.84. The van der Waals surface area contributed by atoms with Crippen molar-refractivity contribution in [2.24, 2.45) is 0 Å². The fourth-order valence-corrected chi connectivity index (χ4v) is 0.997. The SMILES string of the molecule is CC1(C)OC(=O)N(CC(=O)O)C1=O. The second kappa shape index (κ2) is 2.72. The molecule has 6 nitrogen and oxygen atoms in total. The van der Waals surface area contributed by atoms with E-state index in [-0.39, 0.29) is 0 Å². The molecule has 1 saturated heterocycles. The van der Waals surface area contributed by atoms with E-state index in [4.69, 9.17) is 5.11 Å². The topological polar surface area (TPSA) is 83.9 Å². The Morgan fingerprint density at radius 1 is 1.54 bits per heavy atom. The third-order valence-corrected chi connectivity index (χ3v) is 1.62. The van der Waals surface area contributed by atoms with Gasteiger partial charge in [0, 0.05) is 0 Å². The van der Waals surface area contributed by atoms with E-state index in [9.17, 15) is 14.4 Å². The maximum atomic E-state index is 11.3. The lowest BCUT2D eigenvalue weighted by atomic mass is 10.1. The van der Waals surface area contributed by atoms with Crippen molar-refractivity contribution in [3.8, 4) is 0 Å². The zero-order valence-electron chi connectivity index (χ0n) is 7.23. The van der Waals surface area contributed by atoms with Crippen molar-refractivity contribution in [2.45, 2.75) is 19.4 Å². The summed E-state index contributed by atoms with van der Waals surface area (Å²) < 4.78 is 4.65. The molecule has 72 valence electrons. The van der Waals surface area contributed by atoms with Gasteiger partial charge < -0.3 is 9.84 Å². The Hall–Kier alpha value is -1.59. The van der Waals surface area contributed by atoms with Crippen LogP contribution in [0.4, 0.5) is 4.79 Å². The summed E-state index contributed by atoms with van der Waals surface area (Å²) in [5.74, 6) is -1.87. The number of ether oxygens (including phenoxy) is 1. The number of nitrogens with zero attached hydrogens (tertiary/aromatic N) is 1. The van der Waals surface area contributed by atoms with Crippen molar-refractivity contribution in [3.05, 3.63) is 0 Å². The van der Waals surface area contributed by atoms with Crippen molar-refractivity contribution in [2.75, 3.05) is 6.54 Å². The molecule has 6 heteroatoms. The molecular formula is C7H9NO5. The standard InChI is InChI=1S/C7H9NO5/c1-7(2)5(11)8(3-4(9)10)6(12)13-7/h3H2,1-2H3,(H,9,10). The number of rotatable bonds is 2. The predicted octanol–water partition coefficient (Wildman–Crippen LogP) is -0.172. The number of hydrogen-bond donors (Lipinski definition) is 1. The van der Waals surface area contributed by atoms with Gasteiger partial charge in [0.15, 0.2) is 5.60 Å². The van der Waals surface area contributed by atoms with E-state index >= 15 is 0 Å². The molecule has 1 heterocycles. The van der Waals surface area contributed by atoms with Crippen LogP contribution in [-0.2, 0) is 14.3 Å². The number of carbonyl (C=O) groups excluding carboxylic acids is 2. The Bertz CT molecular complexity index is 283. The van der Waals surface area contributed by atoms with E-state index in [0.29, 0.717) is 4.90 Å². The number of carboxylic acids is 1. The molecule has 1 rings (SSSR count). The monoisotopic (exact) mass is 187 g/mol. The summed E-state index contributed by atoms with van der Waals surface area (Å²) in [6.45, 7) is 2.17. The smallest absolute Gasteiger partial charge is 0.418 e. The van der Waals surface area contributed by atoms with E-state index in [1.165, 1.54) is 13.8 Å². The average Bonchev–Trinajstić information content (AvgIpc) is 2.12. The Labute approximate surface area is 74.1 Å². The molecule has 1 aliphatic rings. The highest BCUT2D eigenvalue weighted by molar-refractivity contribution is 6.04. The van der Waals surface area contributed by atoms with Gasteiger partial charge in [0.25, 0.3) is 5.91 Å². The zero-order valence-corrected chi connectivity index (χ0v) is 7.23. The molecule has 0 spiro atoms. The maximum Gasteiger partial charge on any atom is 0.418 e. The largest absolute Gasteiger partial charge is 0.480 e. The number of hydrogen-bond acceptors (Lipinski definition) is 4. The summed E-state index contributed by atoms with van der Waals surface area (Å²) in [6.07, 6.45) is -0.905. The highest BCUT2D eigenvalue weighted by Gasteiger charge is 2.47. The van der Waals surface area contributed by atoms with Gasteiger partial charge in [-0.2, -0.15) is 0 Å². The average molecular weight is 187 g/mol. The van der Waals surface area contributed by atoms with Crippen molar-refractivity contribution in [1.82, 2.24) is 4.90 Å². The minimum absolute atomic E-state index is 0.572. The molecule has 0 aliphatic carbocycles. The molecule has 0 atom stereocenters. The van der Waals surface area contributed by atoms with Gasteiger partial charge in [0.1, 0.15) is 6.54 Å². The molecule has 1 aliphatic heterocycles. The quantitative estimate of drug-likeness (QED) is 0.648. The van der Waals surface area contributed by atoms with Crippen molar-refractivity contribution >= 4 is 18.0 Å². The normalized spacial score (nSPS) is 20.3. The number of aliphatic carboxylic acids is 1. The highest BCUT2D eigenvalue weighted by atomic mass is 16.6. The summed E-state index contributed by atoms with van der Waals surface area (Å²) in [7, 11) is 0. The van der Waals surface area contributed by atoms with Crippen LogP contribution in [0.2, 0.25) is 0 Å². The van der Waals surface area contributed by atoms with E-state index in [0.717, 1.165) is 0 Å². The molecule has 0 saturated carbocycles. The van der Waals surface area contributed by atoms with Crippen LogP contribution < -0.4 is 0 Å². The van der Waals surface area contributed by atoms with Crippen LogP contribution >= 0.6 is 0 Å². The van der Waals surface area contributed by atoms with E-state index in [1.807, 2.05) is 0 Å². The van der Waals surface area contributed by atoms with Gasteiger partial charge >= 0.3 is 12.1 Å². The molecular weight excluding hydrogens is 178 g/mol. The van der Waals surface area contributed by atoms with Crippen LogP contribution in [0.3, 0.4) is 0 Å². The molecule has 0 aromatic carbocycles. The number of amides is 2. The van der Waals surface area contributed by atoms with Gasteiger partial charge in [0.2, 0.25) is 0 Å². The second-order valence-corrected chi connectivity index (χ2v) is 3.16. The molecule has 0 aromatic heterocycles. The Kier molecular flexibility index (Phi) is 1.99.